The Bertz CT molecular complexity index is 680. The SMILES string of the molecule is Cc1nc(-c2ccco2)ccc1C(=O)N1CCCC(C(C)N)C1. The number of nitrogens with zero attached hydrogens (tertiary/aromatic N) is 2. The highest BCUT2D eigenvalue weighted by Crippen LogP contribution is 2.23. The number of amides is 1. The number of pyridine rings is 1. The highest BCUT2D eigenvalue weighted by atomic mass is 16.3. The van der Waals surface area contributed by atoms with E-state index in [4.69, 9.17) is 10.2 Å². The molecule has 1 aliphatic heterocycles. The van der Waals surface area contributed by atoms with Crippen molar-refractivity contribution in [1.29, 1.82) is 0 Å². The normalized spacial score (nSPS) is 19.6. The molecule has 5 nitrogen and oxygen atoms in total. The van der Waals surface area contributed by atoms with Crippen LogP contribution >= 0.6 is 0 Å². The second-order valence-electron chi connectivity index (χ2n) is 6.32. The Morgan fingerprint density at radius 1 is 1.43 bits per heavy atom. The summed E-state index contributed by atoms with van der Waals surface area (Å²) in [7, 11) is 0. The minimum Gasteiger partial charge on any atom is -0.463 e. The molecule has 1 saturated heterocycles. The molecule has 1 fully saturated rings. The van der Waals surface area contributed by atoms with Crippen molar-refractivity contribution in [3.8, 4) is 11.5 Å². The van der Waals surface area contributed by atoms with Gasteiger partial charge in [-0.3, -0.25) is 4.79 Å². The van der Waals surface area contributed by atoms with Crippen molar-refractivity contribution in [3.05, 3.63) is 41.8 Å². The van der Waals surface area contributed by atoms with Crippen LogP contribution in [0, 0.1) is 12.8 Å². The van der Waals surface area contributed by atoms with Crippen LogP contribution in [0.1, 0.15) is 35.8 Å². The van der Waals surface area contributed by atoms with E-state index >= 15 is 0 Å². The topological polar surface area (TPSA) is 72.4 Å². The molecule has 2 aromatic heterocycles. The highest BCUT2D eigenvalue weighted by Gasteiger charge is 2.27. The fraction of sp³-hybridized carbons (Fsp3) is 0.444. The van der Waals surface area contributed by atoms with Crippen molar-refractivity contribution in [2.75, 3.05) is 13.1 Å². The number of nitrogens with two attached hydrogens (primary N) is 1. The first kappa shape index (κ1) is 15.7. The minimum absolute atomic E-state index is 0.0475. The number of carbonyl (C=O) groups is 1. The first-order valence-corrected chi connectivity index (χ1v) is 8.12. The maximum atomic E-state index is 12.8. The van der Waals surface area contributed by atoms with Crippen molar-refractivity contribution < 1.29 is 9.21 Å². The first-order chi connectivity index (χ1) is 11.1. The molecule has 2 N–H and O–H groups in total. The van der Waals surface area contributed by atoms with Gasteiger partial charge < -0.3 is 15.1 Å². The van der Waals surface area contributed by atoms with E-state index in [2.05, 4.69) is 4.98 Å². The number of piperidine rings is 1. The van der Waals surface area contributed by atoms with Crippen LogP contribution in [0.3, 0.4) is 0 Å². The maximum Gasteiger partial charge on any atom is 0.255 e. The van der Waals surface area contributed by atoms with Crippen LogP contribution < -0.4 is 5.73 Å². The number of hydrogen-bond donors (Lipinski definition) is 1. The molecule has 3 rings (SSSR count). The van der Waals surface area contributed by atoms with Gasteiger partial charge in [-0.25, -0.2) is 4.98 Å². The molecule has 0 saturated carbocycles. The zero-order valence-corrected chi connectivity index (χ0v) is 13.7. The van der Waals surface area contributed by atoms with Crippen LogP contribution in [0.4, 0.5) is 0 Å². The summed E-state index contributed by atoms with van der Waals surface area (Å²) in [5.41, 5.74) is 8.14. The van der Waals surface area contributed by atoms with Crippen LogP contribution in [-0.4, -0.2) is 34.9 Å². The first-order valence-electron chi connectivity index (χ1n) is 8.12. The number of hydrogen-bond acceptors (Lipinski definition) is 4. The Labute approximate surface area is 136 Å². The Kier molecular flexibility index (Phi) is 4.48. The lowest BCUT2D eigenvalue weighted by atomic mass is 9.92. The van der Waals surface area contributed by atoms with Gasteiger partial charge in [0.1, 0.15) is 5.69 Å². The number of aryl methyl sites for hydroxylation is 1. The van der Waals surface area contributed by atoms with Crippen molar-refractivity contribution in [2.24, 2.45) is 11.7 Å². The number of likely N-dealkylation sites (tertiary alicyclic amines) is 1. The van der Waals surface area contributed by atoms with Crippen LogP contribution in [0.25, 0.3) is 11.5 Å². The molecular weight excluding hydrogens is 290 g/mol. The van der Waals surface area contributed by atoms with E-state index in [0.29, 0.717) is 17.2 Å². The average Bonchev–Trinajstić information content (AvgIpc) is 3.08. The van der Waals surface area contributed by atoms with Crippen molar-refractivity contribution in [2.45, 2.75) is 32.7 Å². The number of carbonyl (C=O) groups excluding carboxylic acids is 1. The van der Waals surface area contributed by atoms with E-state index in [-0.39, 0.29) is 11.9 Å². The third-order valence-electron chi connectivity index (χ3n) is 4.58. The van der Waals surface area contributed by atoms with Gasteiger partial charge >= 0.3 is 0 Å². The number of rotatable bonds is 3. The second kappa shape index (κ2) is 6.54. The molecule has 5 heteroatoms. The van der Waals surface area contributed by atoms with Gasteiger partial charge in [0.15, 0.2) is 5.76 Å². The molecule has 2 unspecified atom stereocenters. The van der Waals surface area contributed by atoms with Gasteiger partial charge in [0, 0.05) is 19.1 Å². The highest BCUT2D eigenvalue weighted by molar-refractivity contribution is 5.95. The third-order valence-corrected chi connectivity index (χ3v) is 4.58. The molecule has 2 aromatic rings. The third kappa shape index (κ3) is 3.29. The zero-order valence-electron chi connectivity index (χ0n) is 13.7. The quantitative estimate of drug-likeness (QED) is 0.945. The van der Waals surface area contributed by atoms with Gasteiger partial charge in [0.05, 0.1) is 17.5 Å². The van der Waals surface area contributed by atoms with Gasteiger partial charge in [-0.1, -0.05) is 0 Å². The maximum absolute atomic E-state index is 12.8. The van der Waals surface area contributed by atoms with Gasteiger partial charge in [0.25, 0.3) is 5.91 Å². The molecule has 0 aromatic carbocycles. The van der Waals surface area contributed by atoms with E-state index in [0.717, 1.165) is 37.3 Å². The Morgan fingerprint density at radius 2 is 2.26 bits per heavy atom. The summed E-state index contributed by atoms with van der Waals surface area (Å²) in [5.74, 6) is 1.14. The average molecular weight is 313 g/mol. The molecule has 23 heavy (non-hydrogen) atoms. The second-order valence-corrected chi connectivity index (χ2v) is 6.32. The molecule has 122 valence electrons. The zero-order chi connectivity index (χ0) is 16.4. The fourth-order valence-electron chi connectivity index (χ4n) is 3.14. The van der Waals surface area contributed by atoms with Crippen LogP contribution in [-0.2, 0) is 0 Å². The number of furan rings is 1. The molecule has 0 radical (unpaired) electrons. The molecule has 1 amide bonds. The molecule has 0 aliphatic carbocycles. The Morgan fingerprint density at radius 3 is 2.91 bits per heavy atom. The molecular formula is C18H23N3O2. The van der Waals surface area contributed by atoms with Crippen LogP contribution in [0.15, 0.2) is 34.9 Å². The summed E-state index contributed by atoms with van der Waals surface area (Å²) in [6, 6.07) is 7.49. The van der Waals surface area contributed by atoms with Crippen molar-refractivity contribution in [3.63, 3.8) is 0 Å². The van der Waals surface area contributed by atoms with E-state index in [1.54, 1.807) is 6.26 Å². The summed E-state index contributed by atoms with van der Waals surface area (Å²) < 4.78 is 5.36. The minimum atomic E-state index is 0.0475. The lowest BCUT2D eigenvalue weighted by molar-refractivity contribution is 0.0659. The van der Waals surface area contributed by atoms with E-state index in [1.807, 2.05) is 43.0 Å². The predicted molar refractivity (Wildman–Crippen MR) is 89.0 cm³/mol. The van der Waals surface area contributed by atoms with Crippen LogP contribution in [0.5, 0.6) is 0 Å². The summed E-state index contributed by atoms with van der Waals surface area (Å²) in [4.78, 5) is 19.2. The van der Waals surface area contributed by atoms with Crippen molar-refractivity contribution in [1.82, 2.24) is 9.88 Å². The summed E-state index contributed by atoms with van der Waals surface area (Å²) in [6.07, 6.45) is 3.72. The van der Waals surface area contributed by atoms with E-state index in [1.165, 1.54) is 0 Å². The predicted octanol–water partition coefficient (Wildman–Crippen LogP) is 2.85. The summed E-state index contributed by atoms with van der Waals surface area (Å²) >= 11 is 0. The van der Waals surface area contributed by atoms with E-state index < -0.39 is 0 Å². The molecule has 2 atom stereocenters. The van der Waals surface area contributed by atoms with Crippen molar-refractivity contribution >= 4 is 5.91 Å². The molecule has 3 heterocycles. The Balaban J connectivity index is 1.80. The van der Waals surface area contributed by atoms with Gasteiger partial charge in [-0.2, -0.15) is 0 Å². The van der Waals surface area contributed by atoms with E-state index in [9.17, 15) is 4.79 Å². The fourth-order valence-corrected chi connectivity index (χ4v) is 3.14. The summed E-state index contributed by atoms with van der Waals surface area (Å²) in [6.45, 7) is 5.41. The summed E-state index contributed by atoms with van der Waals surface area (Å²) in [5, 5.41) is 0. The smallest absolute Gasteiger partial charge is 0.255 e. The molecule has 1 aliphatic rings. The molecule has 0 bridgehead atoms. The number of aromatic nitrogens is 1. The largest absolute Gasteiger partial charge is 0.463 e. The van der Waals surface area contributed by atoms with Gasteiger partial charge in [0.2, 0.25) is 0 Å². The van der Waals surface area contributed by atoms with Gasteiger partial charge in [-0.05, 0) is 56.9 Å². The lowest BCUT2D eigenvalue weighted by Gasteiger charge is -2.34. The van der Waals surface area contributed by atoms with Gasteiger partial charge in [-0.15, -0.1) is 0 Å². The molecule has 0 spiro atoms. The van der Waals surface area contributed by atoms with Crippen LogP contribution in [0.2, 0.25) is 0 Å². The monoisotopic (exact) mass is 313 g/mol. The lowest BCUT2D eigenvalue weighted by Crippen LogP contribution is -2.45. The Hall–Kier alpha value is -2.14. The standard InChI is InChI=1S/C18H23N3O2/c1-12(19)14-5-3-9-21(11-14)18(22)15-7-8-16(20-13(15)2)17-6-4-10-23-17/h4,6-8,10,12,14H,3,5,9,11,19H2,1-2H3.